The minimum absolute atomic E-state index is 0.482. The highest BCUT2D eigenvalue weighted by Gasteiger charge is 2.44. The molecule has 1 heterocycles. The van der Waals surface area contributed by atoms with Crippen LogP contribution in [0.1, 0.15) is 5.56 Å². The molecule has 1 aliphatic heterocycles. The first-order valence-corrected chi connectivity index (χ1v) is 6.96. The predicted molar refractivity (Wildman–Crippen MR) is 73.3 cm³/mol. The lowest BCUT2D eigenvalue weighted by atomic mass is 9.99. The Hall–Kier alpha value is -0.700. The Kier molecular flexibility index (Phi) is 5.00. The first kappa shape index (κ1) is 15.7. The Morgan fingerprint density at radius 3 is 2.50 bits per heavy atom. The van der Waals surface area contributed by atoms with E-state index in [1.165, 1.54) is 0 Å². The van der Waals surface area contributed by atoms with Crippen molar-refractivity contribution in [2.24, 2.45) is 0 Å². The largest absolute Gasteiger partial charge is 0.462 e. The molecule has 5 unspecified atom stereocenters. The average molecular weight is 349 g/mol. The molecule has 1 fully saturated rings. The fourth-order valence-electron chi connectivity index (χ4n) is 2.03. The third-order valence-corrected chi connectivity index (χ3v) is 3.72. The predicted octanol–water partition coefficient (Wildman–Crippen LogP) is -0.0638. The quantitative estimate of drug-likeness (QED) is 0.610. The van der Waals surface area contributed by atoms with Gasteiger partial charge >= 0.3 is 0 Å². The lowest BCUT2D eigenvalue weighted by Gasteiger charge is -2.39. The maximum Gasteiger partial charge on any atom is 0.229 e. The molecule has 1 aliphatic rings. The Labute approximate surface area is 124 Å². The summed E-state index contributed by atoms with van der Waals surface area (Å²) in [5.41, 5.74) is 0.816. The number of hydrogen-bond acceptors (Lipinski definition) is 6. The lowest BCUT2D eigenvalue weighted by molar-refractivity contribution is -0.277. The third-order valence-electron chi connectivity index (χ3n) is 3.23. The van der Waals surface area contributed by atoms with Crippen molar-refractivity contribution >= 4 is 15.9 Å². The lowest BCUT2D eigenvalue weighted by Crippen LogP contribution is -2.60. The van der Waals surface area contributed by atoms with Gasteiger partial charge in [0.15, 0.2) is 0 Å². The number of aliphatic hydroxyl groups is 4. The molecule has 4 N–H and O–H groups in total. The van der Waals surface area contributed by atoms with Gasteiger partial charge in [0, 0.05) is 4.47 Å². The summed E-state index contributed by atoms with van der Waals surface area (Å²) in [6, 6.07) is 5.30. The van der Waals surface area contributed by atoms with Crippen LogP contribution in [-0.2, 0) is 4.74 Å². The standard InChI is InChI=1S/C13H17BrO6/c1-6-4-7(14)2-3-8(6)19-13-12(18)11(17)10(16)9(5-15)20-13/h2-4,9-13,15-18H,5H2,1H3. The second kappa shape index (κ2) is 6.38. The molecular weight excluding hydrogens is 332 g/mol. The van der Waals surface area contributed by atoms with E-state index in [9.17, 15) is 15.3 Å². The van der Waals surface area contributed by atoms with Crippen LogP contribution >= 0.6 is 15.9 Å². The number of aryl methyl sites for hydroxylation is 1. The van der Waals surface area contributed by atoms with E-state index in [0.29, 0.717) is 5.75 Å². The van der Waals surface area contributed by atoms with Crippen LogP contribution in [0.4, 0.5) is 0 Å². The van der Waals surface area contributed by atoms with Crippen molar-refractivity contribution in [3.05, 3.63) is 28.2 Å². The molecule has 7 heteroatoms. The average Bonchev–Trinajstić information content (AvgIpc) is 2.42. The monoisotopic (exact) mass is 348 g/mol. The summed E-state index contributed by atoms with van der Waals surface area (Å²) in [5, 5.41) is 38.3. The molecule has 0 aromatic heterocycles. The number of halogens is 1. The molecule has 6 nitrogen and oxygen atoms in total. The van der Waals surface area contributed by atoms with Crippen molar-refractivity contribution in [1.82, 2.24) is 0 Å². The molecule has 0 amide bonds. The van der Waals surface area contributed by atoms with Gasteiger partial charge in [0.1, 0.15) is 30.2 Å². The maximum absolute atomic E-state index is 9.88. The minimum Gasteiger partial charge on any atom is -0.462 e. The molecular formula is C13H17BrO6. The molecule has 0 aliphatic carbocycles. The summed E-state index contributed by atoms with van der Waals surface area (Å²) in [5.74, 6) is 0.484. The number of hydrogen-bond donors (Lipinski definition) is 4. The van der Waals surface area contributed by atoms with E-state index in [0.717, 1.165) is 10.0 Å². The molecule has 0 bridgehead atoms. The van der Waals surface area contributed by atoms with E-state index in [1.807, 2.05) is 13.0 Å². The number of rotatable bonds is 3. The van der Waals surface area contributed by atoms with Gasteiger partial charge in [0.25, 0.3) is 0 Å². The molecule has 5 atom stereocenters. The summed E-state index contributed by atoms with van der Waals surface area (Å²) < 4.78 is 11.7. The second-order valence-electron chi connectivity index (χ2n) is 4.72. The zero-order chi connectivity index (χ0) is 14.9. The van der Waals surface area contributed by atoms with Gasteiger partial charge in [0.05, 0.1) is 6.61 Å². The molecule has 2 rings (SSSR count). The van der Waals surface area contributed by atoms with Gasteiger partial charge in [-0.15, -0.1) is 0 Å². The van der Waals surface area contributed by atoms with Gasteiger partial charge in [-0.3, -0.25) is 0 Å². The van der Waals surface area contributed by atoms with E-state index in [2.05, 4.69) is 15.9 Å². The smallest absolute Gasteiger partial charge is 0.229 e. The first-order chi connectivity index (χ1) is 9.43. The summed E-state index contributed by atoms with van der Waals surface area (Å²) in [4.78, 5) is 0. The maximum atomic E-state index is 9.88. The van der Waals surface area contributed by atoms with E-state index in [-0.39, 0.29) is 0 Å². The molecule has 1 aromatic carbocycles. The van der Waals surface area contributed by atoms with Crippen LogP contribution in [0.5, 0.6) is 5.75 Å². The van der Waals surface area contributed by atoms with Gasteiger partial charge in [-0.05, 0) is 30.7 Å². The van der Waals surface area contributed by atoms with Crippen LogP contribution in [0.25, 0.3) is 0 Å². The fraction of sp³-hybridized carbons (Fsp3) is 0.538. The second-order valence-corrected chi connectivity index (χ2v) is 5.64. The van der Waals surface area contributed by atoms with Crippen LogP contribution in [0, 0.1) is 6.92 Å². The highest BCUT2D eigenvalue weighted by Crippen LogP contribution is 2.27. The number of benzene rings is 1. The minimum atomic E-state index is -1.44. The highest BCUT2D eigenvalue weighted by molar-refractivity contribution is 9.10. The van der Waals surface area contributed by atoms with Crippen LogP contribution in [0.3, 0.4) is 0 Å². The SMILES string of the molecule is Cc1cc(Br)ccc1OC1OC(CO)C(O)C(O)C1O. The van der Waals surface area contributed by atoms with E-state index >= 15 is 0 Å². The molecule has 1 saturated heterocycles. The van der Waals surface area contributed by atoms with Crippen molar-refractivity contribution in [2.45, 2.75) is 37.6 Å². The summed E-state index contributed by atoms with van der Waals surface area (Å²) >= 11 is 3.33. The van der Waals surface area contributed by atoms with Crippen molar-refractivity contribution in [3.8, 4) is 5.75 Å². The van der Waals surface area contributed by atoms with Crippen molar-refractivity contribution in [3.63, 3.8) is 0 Å². The zero-order valence-corrected chi connectivity index (χ0v) is 12.4. The molecule has 112 valence electrons. The van der Waals surface area contributed by atoms with Crippen LogP contribution < -0.4 is 4.74 Å². The van der Waals surface area contributed by atoms with Gasteiger partial charge in [0.2, 0.25) is 6.29 Å². The van der Waals surface area contributed by atoms with E-state index in [4.69, 9.17) is 14.6 Å². The van der Waals surface area contributed by atoms with Crippen LogP contribution in [0.2, 0.25) is 0 Å². The molecule has 0 saturated carbocycles. The first-order valence-electron chi connectivity index (χ1n) is 6.17. The third kappa shape index (κ3) is 3.13. The van der Waals surface area contributed by atoms with Gasteiger partial charge in [-0.2, -0.15) is 0 Å². The summed E-state index contributed by atoms with van der Waals surface area (Å²) in [7, 11) is 0. The van der Waals surface area contributed by atoms with Crippen molar-refractivity contribution in [2.75, 3.05) is 6.61 Å². The molecule has 1 aromatic rings. The zero-order valence-electron chi connectivity index (χ0n) is 10.8. The topological polar surface area (TPSA) is 99.4 Å². The van der Waals surface area contributed by atoms with E-state index < -0.39 is 37.3 Å². The molecule has 0 spiro atoms. The molecule has 0 radical (unpaired) electrons. The van der Waals surface area contributed by atoms with Gasteiger partial charge in [-0.25, -0.2) is 0 Å². The van der Waals surface area contributed by atoms with Gasteiger partial charge in [-0.1, -0.05) is 15.9 Å². The summed E-state index contributed by atoms with van der Waals surface area (Å²) in [6.45, 7) is 1.34. The Bertz CT molecular complexity index is 466. The fourth-order valence-corrected chi connectivity index (χ4v) is 2.51. The molecule has 20 heavy (non-hydrogen) atoms. The Morgan fingerprint density at radius 1 is 1.20 bits per heavy atom. The van der Waals surface area contributed by atoms with Gasteiger partial charge < -0.3 is 29.9 Å². The summed E-state index contributed by atoms with van der Waals surface area (Å²) in [6.07, 6.45) is -6.38. The highest BCUT2D eigenvalue weighted by atomic mass is 79.9. The van der Waals surface area contributed by atoms with Crippen LogP contribution in [-0.4, -0.2) is 57.7 Å². The van der Waals surface area contributed by atoms with Crippen LogP contribution in [0.15, 0.2) is 22.7 Å². The van der Waals surface area contributed by atoms with Crippen molar-refractivity contribution < 1.29 is 29.9 Å². The van der Waals surface area contributed by atoms with Crippen molar-refractivity contribution in [1.29, 1.82) is 0 Å². The van der Waals surface area contributed by atoms with E-state index in [1.54, 1.807) is 12.1 Å². The number of ether oxygens (including phenoxy) is 2. The normalized spacial score (nSPS) is 34.0. The Morgan fingerprint density at radius 2 is 1.90 bits per heavy atom. The number of aliphatic hydroxyl groups excluding tert-OH is 4. The Balaban J connectivity index is 2.15.